The van der Waals surface area contributed by atoms with Crippen molar-refractivity contribution in [2.24, 2.45) is 5.92 Å². The molecule has 0 N–H and O–H groups in total. The van der Waals surface area contributed by atoms with Gasteiger partial charge >= 0.3 is 0 Å². The molecule has 1 nitrogen and oxygen atoms in total. The highest BCUT2D eigenvalue weighted by Crippen LogP contribution is 2.39. The monoisotopic (exact) mass is 124 g/mol. The minimum absolute atomic E-state index is 0.553. The van der Waals surface area contributed by atoms with E-state index in [1.165, 1.54) is 19.3 Å². The molecule has 0 aromatic heterocycles. The van der Waals surface area contributed by atoms with Crippen LogP contribution in [0.1, 0.15) is 25.7 Å². The molecule has 1 heteroatoms. The Balaban J connectivity index is 2.09. The maximum absolute atomic E-state index is 5.49. The molecule has 1 aliphatic carbocycles. The lowest BCUT2D eigenvalue weighted by molar-refractivity contribution is 0.148. The predicted molar refractivity (Wildman–Crippen MR) is 36.0 cm³/mol. The molecular weight excluding hydrogens is 112 g/mol. The van der Waals surface area contributed by atoms with E-state index < -0.39 is 0 Å². The first-order valence-corrected chi connectivity index (χ1v) is 3.71. The van der Waals surface area contributed by atoms with Crippen LogP contribution >= 0.6 is 0 Å². The number of rotatable bonds is 0. The standard InChI is InChI=1S/C8H12O/c1-6-5-7-3-2-4-8(7)9-6/h7-8H,1-5H2/t7-,8-/m1/s1. The van der Waals surface area contributed by atoms with Gasteiger partial charge in [0.25, 0.3) is 0 Å². The highest BCUT2D eigenvalue weighted by Gasteiger charge is 2.34. The van der Waals surface area contributed by atoms with Crippen LogP contribution in [0.5, 0.6) is 0 Å². The topological polar surface area (TPSA) is 9.23 Å². The quantitative estimate of drug-likeness (QED) is 0.480. The summed E-state index contributed by atoms with van der Waals surface area (Å²) in [5.74, 6) is 1.85. The molecule has 0 radical (unpaired) electrons. The minimum atomic E-state index is 0.553. The second-order valence-corrected chi connectivity index (χ2v) is 3.09. The third kappa shape index (κ3) is 0.752. The lowest BCUT2D eigenvalue weighted by atomic mass is 10.0. The first kappa shape index (κ1) is 5.33. The van der Waals surface area contributed by atoms with Gasteiger partial charge in [0.15, 0.2) is 0 Å². The average molecular weight is 124 g/mol. The Morgan fingerprint density at radius 1 is 1.44 bits per heavy atom. The molecule has 2 aliphatic rings. The Hall–Kier alpha value is -0.460. The lowest BCUT2D eigenvalue weighted by Crippen LogP contribution is -2.05. The third-order valence-electron chi connectivity index (χ3n) is 2.40. The second-order valence-electron chi connectivity index (χ2n) is 3.09. The Morgan fingerprint density at radius 2 is 2.33 bits per heavy atom. The molecule has 0 bridgehead atoms. The molecule has 2 rings (SSSR count). The molecule has 2 atom stereocenters. The van der Waals surface area contributed by atoms with Crippen molar-refractivity contribution in [3.05, 3.63) is 12.3 Å². The fourth-order valence-corrected chi connectivity index (χ4v) is 1.95. The summed E-state index contributed by atoms with van der Waals surface area (Å²) < 4.78 is 5.49. The van der Waals surface area contributed by atoms with Crippen LogP contribution in [0.15, 0.2) is 12.3 Å². The van der Waals surface area contributed by atoms with Crippen LogP contribution < -0.4 is 0 Å². The Labute approximate surface area is 55.7 Å². The van der Waals surface area contributed by atoms with Crippen molar-refractivity contribution in [3.63, 3.8) is 0 Å². The summed E-state index contributed by atoms with van der Waals surface area (Å²) in [5.41, 5.74) is 0. The van der Waals surface area contributed by atoms with E-state index in [2.05, 4.69) is 6.58 Å². The lowest BCUT2D eigenvalue weighted by Gasteiger charge is -2.05. The van der Waals surface area contributed by atoms with Gasteiger partial charge in [-0.2, -0.15) is 0 Å². The predicted octanol–water partition coefficient (Wildman–Crippen LogP) is 2.09. The van der Waals surface area contributed by atoms with Gasteiger partial charge in [-0.3, -0.25) is 0 Å². The van der Waals surface area contributed by atoms with Gasteiger partial charge in [-0.1, -0.05) is 6.58 Å². The first-order valence-electron chi connectivity index (χ1n) is 3.71. The van der Waals surface area contributed by atoms with Crippen molar-refractivity contribution in [1.29, 1.82) is 0 Å². The van der Waals surface area contributed by atoms with Gasteiger partial charge in [0.2, 0.25) is 0 Å². The van der Waals surface area contributed by atoms with E-state index >= 15 is 0 Å². The molecule has 1 aliphatic heterocycles. The van der Waals surface area contributed by atoms with Gasteiger partial charge < -0.3 is 4.74 Å². The summed E-state index contributed by atoms with van der Waals surface area (Å²) in [7, 11) is 0. The smallest absolute Gasteiger partial charge is 0.101 e. The fraction of sp³-hybridized carbons (Fsp3) is 0.750. The van der Waals surface area contributed by atoms with Crippen molar-refractivity contribution in [2.75, 3.05) is 0 Å². The summed E-state index contributed by atoms with van der Waals surface area (Å²) >= 11 is 0. The number of ether oxygens (including phenoxy) is 1. The second kappa shape index (κ2) is 1.76. The minimum Gasteiger partial charge on any atom is -0.495 e. The van der Waals surface area contributed by atoms with Crippen molar-refractivity contribution >= 4 is 0 Å². The van der Waals surface area contributed by atoms with E-state index in [9.17, 15) is 0 Å². The number of hydrogen-bond donors (Lipinski definition) is 0. The molecule has 50 valence electrons. The molecule has 9 heavy (non-hydrogen) atoms. The maximum Gasteiger partial charge on any atom is 0.101 e. The summed E-state index contributed by atoms with van der Waals surface area (Å²) in [4.78, 5) is 0. The Kier molecular flexibility index (Phi) is 1.04. The van der Waals surface area contributed by atoms with Gasteiger partial charge in [0.1, 0.15) is 6.10 Å². The van der Waals surface area contributed by atoms with Crippen LogP contribution in [0.25, 0.3) is 0 Å². The number of allylic oxidation sites excluding steroid dienone is 1. The molecule has 1 heterocycles. The van der Waals surface area contributed by atoms with E-state index in [-0.39, 0.29) is 0 Å². The van der Waals surface area contributed by atoms with Crippen molar-refractivity contribution in [1.82, 2.24) is 0 Å². The summed E-state index contributed by atoms with van der Waals surface area (Å²) in [5, 5.41) is 0. The van der Waals surface area contributed by atoms with E-state index in [4.69, 9.17) is 4.74 Å². The normalized spacial score (nSPS) is 40.7. The molecule has 0 aromatic rings. The molecule has 0 aromatic carbocycles. The van der Waals surface area contributed by atoms with Crippen molar-refractivity contribution < 1.29 is 4.74 Å². The SMILES string of the molecule is C=C1C[C@H]2CCC[C@H]2O1. The van der Waals surface area contributed by atoms with E-state index in [0.717, 1.165) is 18.1 Å². The largest absolute Gasteiger partial charge is 0.495 e. The highest BCUT2D eigenvalue weighted by atomic mass is 16.5. The zero-order valence-electron chi connectivity index (χ0n) is 5.60. The average Bonchev–Trinajstić information content (AvgIpc) is 2.22. The van der Waals surface area contributed by atoms with Gasteiger partial charge in [0.05, 0.1) is 5.76 Å². The maximum atomic E-state index is 5.49. The van der Waals surface area contributed by atoms with Crippen LogP contribution in [-0.2, 0) is 4.74 Å². The first-order chi connectivity index (χ1) is 4.36. The Morgan fingerprint density at radius 3 is 3.11 bits per heavy atom. The molecule has 2 fully saturated rings. The van der Waals surface area contributed by atoms with Crippen LogP contribution in [0, 0.1) is 5.92 Å². The van der Waals surface area contributed by atoms with E-state index in [1.54, 1.807) is 0 Å². The van der Waals surface area contributed by atoms with E-state index in [1.807, 2.05) is 0 Å². The zero-order valence-corrected chi connectivity index (χ0v) is 5.60. The third-order valence-corrected chi connectivity index (χ3v) is 2.40. The zero-order chi connectivity index (χ0) is 6.27. The van der Waals surface area contributed by atoms with Crippen molar-refractivity contribution in [3.8, 4) is 0 Å². The summed E-state index contributed by atoms with van der Waals surface area (Å²) in [6.07, 6.45) is 5.68. The van der Waals surface area contributed by atoms with Crippen LogP contribution in [-0.4, -0.2) is 6.10 Å². The molecule has 0 amide bonds. The van der Waals surface area contributed by atoms with E-state index in [0.29, 0.717) is 6.10 Å². The van der Waals surface area contributed by atoms with Crippen LogP contribution in [0.2, 0.25) is 0 Å². The van der Waals surface area contributed by atoms with Crippen LogP contribution in [0.3, 0.4) is 0 Å². The highest BCUT2D eigenvalue weighted by molar-refractivity contribution is 4.98. The molecule has 0 unspecified atom stereocenters. The number of hydrogen-bond acceptors (Lipinski definition) is 1. The van der Waals surface area contributed by atoms with Crippen LogP contribution in [0.4, 0.5) is 0 Å². The molecular formula is C8H12O. The van der Waals surface area contributed by atoms with Gasteiger partial charge in [-0.25, -0.2) is 0 Å². The number of fused-ring (bicyclic) bond motifs is 1. The fourth-order valence-electron chi connectivity index (χ4n) is 1.95. The van der Waals surface area contributed by atoms with Crippen molar-refractivity contribution in [2.45, 2.75) is 31.8 Å². The molecule has 1 saturated carbocycles. The van der Waals surface area contributed by atoms with Gasteiger partial charge in [-0.15, -0.1) is 0 Å². The summed E-state index contributed by atoms with van der Waals surface area (Å²) in [6.45, 7) is 3.81. The molecule has 0 spiro atoms. The van der Waals surface area contributed by atoms with Gasteiger partial charge in [-0.05, 0) is 19.3 Å². The summed E-state index contributed by atoms with van der Waals surface area (Å²) in [6, 6.07) is 0. The molecule has 1 saturated heterocycles. The van der Waals surface area contributed by atoms with Gasteiger partial charge in [0, 0.05) is 12.3 Å². The Bertz CT molecular complexity index is 126.